The van der Waals surface area contributed by atoms with Gasteiger partial charge in [-0.25, -0.2) is 13.2 Å². The monoisotopic (exact) mass is 447 g/mol. The van der Waals surface area contributed by atoms with E-state index in [0.29, 0.717) is 25.6 Å². The van der Waals surface area contributed by atoms with Gasteiger partial charge < -0.3 is 14.6 Å². The number of likely N-dealkylation sites (tertiary alicyclic amines) is 1. The van der Waals surface area contributed by atoms with Gasteiger partial charge in [0.2, 0.25) is 0 Å². The lowest BCUT2D eigenvalue weighted by Crippen LogP contribution is -2.36. The molecule has 158 valence electrons. The van der Waals surface area contributed by atoms with E-state index >= 15 is 0 Å². The van der Waals surface area contributed by atoms with Crippen LogP contribution in [-0.2, 0) is 16.4 Å². The minimum absolute atomic E-state index is 0.130. The van der Waals surface area contributed by atoms with E-state index in [1.807, 2.05) is 29.1 Å². The summed E-state index contributed by atoms with van der Waals surface area (Å²) in [5.41, 5.74) is 2.85. The van der Waals surface area contributed by atoms with E-state index in [9.17, 15) is 13.2 Å². The van der Waals surface area contributed by atoms with Gasteiger partial charge in [0, 0.05) is 42.6 Å². The zero-order valence-corrected chi connectivity index (χ0v) is 18.0. The second kappa shape index (κ2) is 7.92. The van der Waals surface area contributed by atoms with Crippen molar-refractivity contribution in [2.24, 2.45) is 0 Å². The van der Waals surface area contributed by atoms with Crippen LogP contribution < -0.4 is 0 Å². The average molecular weight is 448 g/mol. The van der Waals surface area contributed by atoms with Crippen molar-refractivity contribution in [3.8, 4) is 0 Å². The summed E-state index contributed by atoms with van der Waals surface area (Å²) in [5, 5.41) is 10.1. The van der Waals surface area contributed by atoms with Gasteiger partial charge in [0.1, 0.15) is 0 Å². The number of hydrogen-bond donors (Lipinski definition) is 1. The van der Waals surface area contributed by atoms with Gasteiger partial charge in [0.15, 0.2) is 9.84 Å². The summed E-state index contributed by atoms with van der Waals surface area (Å²) in [6.45, 7) is 1.64. The van der Waals surface area contributed by atoms with Crippen molar-refractivity contribution in [3.63, 3.8) is 0 Å². The Balaban J connectivity index is 1.51. The molecule has 0 atom stereocenters. The van der Waals surface area contributed by atoms with Gasteiger partial charge in [0.25, 0.3) is 0 Å². The molecule has 1 fully saturated rings. The van der Waals surface area contributed by atoms with Crippen LogP contribution in [0.1, 0.15) is 30.0 Å². The fourth-order valence-electron chi connectivity index (χ4n) is 3.96. The van der Waals surface area contributed by atoms with Crippen LogP contribution in [0.4, 0.5) is 4.79 Å². The highest BCUT2D eigenvalue weighted by Crippen LogP contribution is 2.30. The second-order valence-electron chi connectivity index (χ2n) is 7.68. The molecule has 1 saturated heterocycles. The first-order valence-electron chi connectivity index (χ1n) is 9.63. The van der Waals surface area contributed by atoms with E-state index in [1.54, 1.807) is 12.1 Å². The minimum atomic E-state index is -3.39. The molecule has 2 aromatic heterocycles. The largest absolute Gasteiger partial charge is 0.465 e. The van der Waals surface area contributed by atoms with Crippen molar-refractivity contribution in [2.75, 3.05) is 19.3 Å². The van der Waals surface area contributed by atoms with Crippen LogP contribution in [0.2, 0.25) is 5.02 Å². The summed E-state index contributed by atoms with van der Waals surface area (Å²) < 4.78 is 25.7. The van der Waals surface area contributed by atoms with Gasteiger partial charge in [-0.15, -0.1) is 0 Å². The molecule has 0 bridgehead atoms. The molecule has 1 amide bonds. The number of carboxylic acid groups (broad SMARTS) is 1. The lowest BCUT2D eigenvalue weighted by Gasteiger charge is -2.30. The number of sulfone groups is 1. The highest BCUT2D eigenvalue weighted by atomic mass is 35.5. The fraction of sp³-hybridized carbons (Fsp3) is 0.333. The van der Waals surface area contributed by atoms with Crippen LogP contribution in [0.5, 0.6) is 0 Å². The molecule has 3 aromatic rings. The Morgan fingerprint density at radius 1 is 1.23 bits per heavy atom. The predicted molar refractivity (Wildman–Crippen MR) is 115 cm³/mol. The van der Waals surface area contributed by atoms with Crippen LogP contribution in [0.3, 0.4) is 0 Å². The maximum absolute atomic E-state index is 11.9. The topological polar surface area (TPSA) is 92.5 Å². The predicted octanol–water partition coefficient (Wildman–Crippen LogP) is 4.00. The number of aromatic nitrogens is 2. The summed E-state index contributed by atoms with van der Waals surface area (Å²) in [4.78, 5) is 17.2. The van der Waals surface area contributed by atoms with Crippen LogP contribution >= 0.6 is 11.6 Å². The molecule has 0 saturated carbocycles. The average Bonchev–Trinajstić information content (AvgIpc) is 3.09. The van der Waals surface area contributed by atoms with E-state index in [1.165, 1.54) is 4.90 Å². The molecule has 1 aliphatic heterocycles. The SMILES string of the molecule is CS(=O)(=O)c1cc2ccn(Cc3ccc(C4CCN(C(=O)O)CC4)cn3)c2cc1Cl. The molecule has 1 aliphatic rings. The van der Waals surface area contributed by atoms with Crippen molar-refractivity contribution < 1.29 is 18.3 Å². The van der Waals surface area contributed by atoms with Gasteiger partial charge in [0.05, 0.1) is 22.2 Å². The lowest BCUT2D eigenvalue weighted by molar-refractivity contribution is 0.132. The highest BCUT2D eigenvalue weighted by Gasteiger charge is 2.23. The van der Waals surface area contributed by atoms with E-state index in [4.69, 9.17) is 16.7 Å². The normalized spacial score (nSPS) is 15.6. The lowest BCUT2D eigenvalue weighted by atomic mass is 9.90. The van der Waals surface area contributed by atoms with E-state index in [-0.39, 0.29) is 9.92 Å². The van der Waals surface area contributed by atoms with Crippen molar-refractivity contribution in [2.45, 2.75) is 30.2 Å². The Labute approximate surface area is 179 Å². The molecule has 4 rings (SSSR count). The Kier molecular flexibility index (Phi) is 5.46. The Bertz CT molecular complexity index is 1200. The standard InChI is InChI=1S/C21H22ClN3O4S/c1-30(28,29)20-10-15-6-9-25(19(15)11-18(20)22)13-17-3-2-16(12-23-17)14-4-7-24(8-5-14)21(26)27/h2-3,6,9-12,14H,4-5,7-8,13H2,1H3,(H,26,27). The van der Waals surface area contributed by atoms with E-state index in [0.717, 1.165) is 41.3 Å². The number of fused-ring (bicyclic) bond motifs is 1. The third kappa shape index (κ3) is 4.15. The molecule has 1 aromatic carbocycles. The molecule has 1 N–H and O–H groups in total. The zero-order chi connectivity index (χ0) is 21.5. The minimum Gasteiger partial charge on any atom is -0.465 e. The number of pyridine rings is 1. The Morgan fingerprint density at radius 3 is 2.57 bits per heavy atom. The van der Waals surface area contributed by atoms with E-state index < -0.39 is 15.9 Å². The molecule has 9 heteroatoms. The number of nitrogens with zero attached hydrogens (tertiary/aromatic N) is 3. The van der Waals surface area contributed by atoms with Gasteiger partial charge in [-0.2, -0.15) is 0 Å². The smallest absolute Gasteiger partial charge is 0.407 e. The van der Waals surface area contributed by atoms with Crippen LogP contribution in [0.15, 0.2) is 47.6 Å². The quantitative estimate of drug-likeness (QED) is 0.652. The number of piperidine rings is 1. The third-order valence-electron chi connectivity index (χ3n) is 5.64. The summed E-state index contributed by atoms with van der Waals surface area (Å²) in [7, 11) is -3.39. The Hall–Kier alpha value is -2.58. The third-order valence-corrected chi connectivity index (χ3v) is 7.20. The van der Waals surface area contributed by atoms with Crippen LogP contribution in [-0.4, -0.2) is 53.4 Å². The molecule has 30 heavy (non-hydrogen) atoms. The van der Waals surface area contributed by atoms with Gasteiger partial charge >= 0.3 is 6.09 Å². The number of hydrogen-bond acceptors (Lipinski definition) is 4. The summed E-state index contributed by atoms with van der Waals surface area (Å²) in [6, 6.07) is 9.19. The second-order valence-corrected chi connectivity index (χ2v) is 10.1. The maximum Gasteiger partial charge on any atom is 0.407 e. The molecule has 7 nitrogen and oxygen atoms in total. The molecule has 0 radical (unpaired) electrons. The van der Waals surface area contributed by atoms with E-state index in [2.05, 4.69) is 11.1 Å². The zero-order valence-electron chi connectivity index (χ0n) is 16.5. The number of amides is 1. The molecular weight excluding hydrogens is 426 g/mol. The highest BCUT2D eigenvalue weighted by molar-refractivity contribution is 7.90. The summed E-state index contributed by atoms with van der Waals surface area (Å²) >= 11 is 6.21. The van der Waals surface area contributed by atoms with Crippen LogP contribution in [0.25, 0.3) is 10.9 Å². The van der Waals surface area contributed by atoms with Crippen molar-refractivity contribution >= 4 is 38.4 Å². The number of halogens is 1. The van der Waals surface area contributed by atoms with Crippen LogP contribution in [0, 0.1) is 0 Å². The summed E-state index contributed by atoms with van der Waals surface area (Å²) in [6.07, 6.45) is 5.66. The first-order valence-corrected chi connectivity index (χ1v) is 11.9. The van der Waals surface area contributed by atoms with Crippen molar-refractivity contribution in [3.05, 3.63) is 59.0 Å². The van der Waals surface area contributed by atoms with Gasteiger partial charge in [-0.3, -0.25) is 4.98 Å². The first kappa shape index (κ1) is 20.7. The Morgan fingerprint density at radius 2 is 1.97 bits per heavy atom. The number of benzene rings is 1. The molecule has 0 spiro atoms. The molecule has 0 aliphatic carbocycles. The number of rotatable bonds is 4. The molecule has 0 unspecified atom stereocenters. The fourth-order valence-corrected chi connectivity index (χ4v) is 5.30. The molecule has 3 heterocycles. The number of carbonyl (C=O) groups is 1. The van der Waals surface area contributed by atoms with Gasteiger partial charge in [-0.1, -0.05) is 17.7 Å². The first-order chi connectivity index (χ1) is 14.2. The molecular formula is C21H22ClN3O4S. The summed E-state index contributed by atoms with van der Waals surface area (Å²) in [5.74, 6) is 0.322. The van der Waals surface area contributed by atoms with Crippen molar-refractivity contribution in [1.29, 1.82) is 0 Å². The van der Waals surface area contributed by atoms with Crippen molar-refractivity contribution in [1.82, 2.24) is 14.5 Å². The maximum atomic E-state index is 11.9. The van der Waals surface area contributed by atoms with Gasteiger partial charge in [-0.05, 0) is 48.6 Å².